The molecule has 14 heteroatoms. The van der Waals surface area contributed by atoms with Crippen molar-refractivity contribution in [3.8, 4) is 17.6 Å². The predicted octanol–water partition coefficient (Wildman–Crippen LogP) is 5.89. The summed E-state index contributed by atoms with van der Waals surface area (Å²) in [6.07, 6.45) is -0.968. The van der Waals surface area contributed by atoms with Gasteiger partial charge in [0, 0.05) is 24.3 Å². The number of ether oxygens (including phenoxy) is 5. The molecule has 1 N–H and O–H groups in total. The van der Waals surface area contributed by atoms with E-state index in [4.69, 9.17) is 32.7 Å². The van der Waals surface area contributed by atoms with Crippen molar-refractivity contribution in [1.82, 2.24) is 14.2 Å². The Balaban J connectivity index is 1.48. The fraction of sp³-hybridized carbons (Fsp3) is 0.425. The summed E-state index contributed by atoms with van der Waals surface area (Å²) in [6.45, 7) is 8.42. The molecule has 3 heterocycles. The average molecular weight is 759 g/mol. The number of hydrogen-bond donors (Lipinski definition) is 1. The van der Waals surface area contributed by atoms with Gasteiger partial charge >= 0.3 is 5.69 Å². The van der Waals surface area contributed by atoms with Crippen molar-refractivity contribution in [2.45, 2.75) is 75.8 Å². The number of nitrogens with one attached hydrogen (secondary N) is 1. The third-order valence-electron chi connectivity index (χ3n) is 9.67. The third-order valence-corrected chi connectivity index (χ3v) is 11.8. The Bertz CT molecular complexity index is 1940. The van der Waals surface area contributed by atoms with Crippen molar-refractivity contribution in [2.24, 2.45) is 0 Å². The number of aromatic amines is 1. The molecule has 2 saturated heterocycles. The van der Waals surface area contributed by atoms with Gasteiger partial charge in [0.25, 0.3) is 14.1 Å². The summed E-state index contributed by atoms with van der Waals surface area (Å²) in [5, 5.41) is 9.34. The molecule has 54 heavy (non-hydrogen) atoms. The molecule has 0 spiro atoms. The Labute approximate surface area is 316 Å². The first-order valence-electron chi connectivity index (χ1n) is 17.9. The average Bonchev–Trinajstić information content (AvgIpc) is 3.66. The number of H-pyrrole nitrogens is 1. The molecular weight excluding hydrogens is 711 g/mol. The molecule has 0 aliphatic carbocycles. The van der Waals surface area contributed by atoms with Gasteiger partial charge in [0.05, 0.1) is 46.5 Å². The number of methoxy groups -OCH3 is 2. The van der Waals surface area contributed by atoms with Crippen LogP contribution in [0.3, 0.4) is 0 Å². The van der Waals surface area contributed by atoms with Crippen LogP contribution in [-0.4, -0.2) is 78.2 Å². The summed E-state index contributed by atoms with van der Waals surface area (Å²) in [5.41, 5.74) is -1.13. The van der Waals surface area contributed by atoms with Crippen LogP contribution < -0.4 is 20.7 Å². The van der Waals surface area contributed by atoms with E-state index in [2.05, 4.69) is 43.4 Å². The van der Waals surface area contributed by atoms with Crippen LogP contribution in [0.4, 0.5) is 0 Å². The van der Waals surface area contributed by atoms with E-state index in [0.717, 1.165) is 16.7 Å². The Kier molecular flexibility index (Phi) is 12.4. The molecule has 4 aromatic rings. The van der Waals surface area contributed by atoms with Gasteiger partial charge in [-0.2, -0.15) is 5.26 Å². The lowest BCUT2D eigenvalue weighted by molar-refractivity contribution is -0.203. The van der Waals surface area contributed by atoms with Crippen molar-refractivity contribution in [3.63, 3.8) is 0 Å². The van der Waals surface area contributed by atoms with Gasteiger partial charge in [-0.1, -0.05) is 54.6 Å². The van der Waals surface area contributed by atoms with Gasteiger partial charge in [0.15, 0.2) is 6.23 Å². The fourth-order valence-corrected chi connectivity index (χ4v) is 9.01. The molecule has 3 aromatic carbocycles. The Morgan fingerprint density at radius 2 is 1.52 bits per heavy atom. The summed E-state index contributed by atoms with van der Waals surface area (Å²) >= 11 is 0. The summed E-state index contributed by atoms with van der Waals surface area (Å²) in [5.74, 6) is 1.37. The van der Waals surface area contributed by atoms with Gasteiger partial charge < -0.3 is 32.7 Å². The van der Waals surface area contributed by atoms with Crippen LogP contribution in [0.2, 0.25) is 0 Å². The molecule has 2 aliphatic rings. The van der Waals surface area contributed by atoms with Gasteiger partial charge in [0.1, 0.15) is 34.9 Å². The molecular formula is C40H47N4O9P. The number of benzene rings is 3. The first kappa shape index (κ1) is 39.3. The highest BCUT2D eigenvalue weighted by Gasteiger charge is 2.65. The smallest absolute Gasteiger partial charge is 0.330 e. The van der Waals surface area contributed by atoms with Crippen LogP contribution >= 0.6 is 8.53 Å². The summed E-state index contributed by atoms with van der Waals surface area (Å²) in [7, 11) is 1.48. The Morgan fingerprint density at radius 1 is 0.926 bits per heavy atom. The van der Waals surface area contributed by atoms with Crippen LogP contribution in [0.5, 0.6) is 11.5 Å². The molecule has 5 atom stereocenters. The van der Waals surface area contributed by atoms with E-state index >= 15 is 0 Å². The highest BCUT2D eigenvalue weighted by molar-refractivity contribution is 7.44. The van der Waals surface area contributed by atoms with Crippen molar-refractivity contribution < 1.29 is 32.7 Å². The third kappa shape index (κ3) is 7.74. The maximum Gasteiger partial charge on any atom is 0.330 e. The molecule has 0 radical (unpaired) electrons. The molecule has 13 nitrogen and oxygen atoms in total. The van der Waals surface area contributed by atoms with Crippen molar-refractivity contribution in [3.05, 3.63) is 129 Å². The van der Waals surface area contributed by atoms with E-state index in [1.54, 1.807) is 14.2 Å². The second-order valence-electron chi connectivity index (χ2n) is 13.7. The van der Waals surface area contributed by atoms with E-state index in [1.165, 1.54) is 16.8 Å². The monoisotopic (exact) mass is 758 g/mol. The lowest BCUT2D eigenvalue weighted by atomic mass is 9.79. The maximum absolute atomic E-state index is 13.2. The topological polar surface area (TPSA) is 147 Å². The van der Waals surface area contributed by atoms with Gasteiger partial charge in [0.2, 0.25) is 0 Å². The van der Waals surface area contributed by atoms with Gasteiger partial charge in [-0.25, -0.2) is 9.46 Å². The first-order chi connectivity index (χ1) is 26.1. The number of nitrogens with zero attached hydrogens (tertiary/aromatic N) is 3. The molecule has 1 unspecified atom stereocenters. The van der Waals surface area contributed by atoms with Crippen LogP contribution in [-0.2, 0) is 28.9 Å². The number of aromatic nitrogens is 2. The maximum atomic E-state index is 13.2. The molecule has 2 fully saturated rings. The Hall–Kier alpha value is -4.38. The highest BCUT2D eigenvalue weighted by Crippen LogP contribution is 2.56. The largest absolute Gasteiger partial charge is 0.497 e. The minimum Gasteiger partial charge on any atom is -0.497 e. The zero-order valence-electron chi connectivity index (χ0n) is 31.3. The van der Waals surface area contributed by atoms with E-state index in [1.807, 2.05) is 78.9 Å². The normalized spacial score (nSPS) is 21.4. The van der Waals surface area contributed by atoms with Crippen LogP contribution in [0.15, 0.2) is 101 Å². The molecule has 0 amide bonds. The van der Waals surface area contributed by atoms with Gasteiger partial charge in [-0.05, 0) is 68.7 Å². The van der Waals surface area contributed by atoms with Crippen LogP contribution in [0.1, 0.15) is 57.0 Å². The standard InChI is InChI=1S/C40H47N4O9P/c1-27(2)44(28(3)4)54(51-24-10-22-41)53-36-35-37(43-23-21-34(45)42-38(43)46)52-39(36,25-49-35)26-50-40(29-11-8-7-9-12-29,30-13-17-32(47-5)18-14-30)31-15-19-33(48-6)20-16-31/h7-9,11-21,23,27-28,35-37H,10,24-26H2,1-6H3,(H,42,45,46)/t35-,36+,37-,39+,54?/m1/s1. The van der Waals surface area contributed by atoms with E-state index in [0.29, 0.717) is 11.5 Å². The summed E-state index contributed by atoms with van der Waals surface area (Å²) in [6, 6.07) is 28.8. The first-order valence-corrected chi connectivity index (χ1v) is 19.0. The predicted molar refractivity (Wildman–Crippen MR) is 202 cm³/mol. The number of rotatable bonds is 17. The van der Waals surface area contributed by atoms with Crippen molar-refractivity contribution in [1.29, 1.82) is 5.26 Å². The quantitative estimate of drug-likeness (QED) is 0.0782. The van der Waals surface area contributed by atoms with Gasteiger partial charge in [-0.15, -0.1) is 0 Å². The fourth-order valence-electron chi connectivity index (χ4n) is 7.20. The van der Waals surface area contributed by atoms with Crippen molar-refractivity contribution in [2.75, 3.05) is 34.0 Å². The zero-order chi connectivity index (χ0) is 38.5. The lowest BCUT2D eigenvalue weighted by Gasteiger charge is -2.41. The summed E-state index contributed by atoms with van der Waals surface area (Å²) in [4.78, 5) is 27.6. The second kappa shape index (κ2) is 17.0. The number of nitriles is 1. The molecule has 0 saturated carbocycles. The SMILES string of the molecule is COc1ccc(C(OC[C@]23CO[C@@H]([C@H](n4ccc(=O)[nH]c4=O)O2)[C@@H]3OP(OCCC#N)N(C(C)C)C(C)C)(c2ccccc2)c2ccc(OC)cc2)cc1. The highest BCUT2D eigenvalue weighted by atomic mass is 31.2. The van der Waals surface area contributed by atoms with E-state index < -0.39 is 49.4 Å². The Morgan fingerprint density at radius 3 is 2.06 bits per heavy atom. The van der Waals surface area contributed by atoms with Crippen LogP contribution in [0, 0.1) is 11.3 Å². The number of hydrogen-bond acceptors (Lipinski definition) is 11. The second-order valence-corrected chi connectivity index (χ2v) is 15.1. The zero-order valence-corrected chi connectivity index (χ0v) is 32.2. The lowest BCUT2D eigenvalue weighted by Crippen LogP contribution is -2.49. The minimum atomic E-state index is -1.76. The molecule has 2 aliphatic heterocycles. The molecule has 286 valence electrons. The molecule has 2 bridgehead atoms. The van der Waals surface area contributed by atoms with Gasteiger partial charge in [-0.3, -0.25) is 14.3 Å². The van der Waals surface area contributed by atoms with E-state index in [9.17, 15) is 14.9 Å². The van der Waals surface area contributed by atoms with E-state index in [-0.39, 0.29) is 38.3 Å². The summed E-state index contributed by atoms with van der Waals surface area (Å²) < 4.78 is 48.5. The molecule has 1 aromatic heterocycles. The van der Waals surface area contributed by atoms with Crippen LogP contribution in [0.25, 0.3) is 0 Å². The minimum absolute atomic E-state index is 0.0276. The number of fused-ring (bicyclic) bond motifs is 2. The molecule has 6 rings (SSSR count). The van der Waals surface area contributed by atoms with Crippen molar-refractivity contribution >= 4 is 8.53 Å².